The molecule has 0 saturated carbocycles. The van der Waals surface area contributed by atoms with Crippen molar-refractivity contribution in [3.63, 3.8) is 0 Å². The molecule has 0 radical (unpaired) electrons. The van der Waals surface area contributed by atoms with Gasteiger partial charge in [-0.05, 0) is 62.6 Å². The lowest BCUT2D eigenvalue weighted by Crippen LogP contribution is -2.36. The minimum atomic E-state index is 0.294. The summed E-state index contributed by atoms with van der Waals surface area (Å²) >= 11 is 6.03. The summed E-state index contributed by atoms with van der Waals surface area (Å²) in [6.07, 6.45) is 5.44. The van der Waals surface area contributed by atoms with Gasteiger partial charge in [-0.1, -0.05) is 23.7 Å². The Hall–Kier alpha value is -1.85. The van der Waals surface area contributed by atoms with Crippen molar-refractivity contribution >= 4 is 23.2 Å². The first-order chi connectivity index (χ1) is 13.6. The molecule has 2 aromatic rings. The molecule has 0 spiro atoms. The molecule has 4 rings (SSSR count). The Balaban J connectivity index is 1.51. The number of hydrogen-bond acceptors (Lipinski definition) is 5. The van der Waals surface area contributed by atoms with Gasteiger partial charge in [-0.3, -0.25) is 0 Å². The molecule has 0 aliphatic carbocycles. The van der Waals surface area contributed by atoms with Gasteiger partial charge in [0.25, 0.3) is 0 Å². The third-order valence-electron chi connectivity index (χ3n) is 6.06. The highest BCUT2D eigenvalue weighted by atomic mass is 35.5. The molecule has 2 aliphatic rings. The van der Waals surface area contributed by atoms with Crippen molar-refractivity contribution in [3.05, 3.63) is 46.7 Å². The van der Waals surface area contributed by atoms with Crippen LogP contribution in [0.15, 0.2) is 30.3 Å². The molecule has 2 aliphatic heterocycles. The van der Waals surface area contributed by atoms with Crippen molar-refractivity contribution in [3.8, 4) is 0 Å². The maximum Gasteiger partial charge on any atom is 0.134 e. The maximum atomic E-state index is 9.39. The topological polar surface area (TPSA) is 52.5 Å². The molecule has 2 saturated heterocycles. The van der Waals surface area contributed by atoms with Crippen LogP contribution in [0.5, 0.6) is 0 Å². The molecule has 1 atom stereocenters. The zero-order chi connectivity index (χ0) is 19.5. The van der Waals surface area contributed by atoms with Crippen LogP contribution in [0.3, 0.4) is 0 Å². The molecule has 1 N–H and O–H groups in total. The van der Waals surface area contributed by atoms with Crippen LogP contribution in [0.4, 0.5) is 11.6 Å². The summed E-state index contributed by atoms with van der Waals surface area (Å²) in [5.41, 5.74) is 1.32. The van der Waals surface area contributed by atoms with E-state index < -0.39 is 0 Å². The van der Waals surface area contributed by atoms with E-state index in [0.29, 0.717) is 18.6 Å². The average molecular weight is 401 g/mol. The van der Waals surface area contributed by atoms with Crippen LogP contribution < -0.4 is 9.80 Å². The van der Waals surface area contributed by atoms with E-state index in [4.69, 9.17) is 21.6 Å². The highest BCUT2D eigenvalue weighted by Crippen LogP contribution is 2.30. The second-order valence-corrected chi connectivity index (χ2v) is 8.50. The van der Waals surface area contributed by atoms with Crippen molar-refractivity contribution in [1.29, 1.82) is 0 Å². The van der Waals surface area contributed by atoms with Crippen LogP contribution in [0.25, 0.3) is 0 Å². The summed E-state index contributed by atoms with van der Waals surface area (Å²) in [7, 11) is 0. The third-order valence-corrected chi connectivity index (χ3v) is 6.32. The normalized spacial score (nSPS) is 20.8. The van der Waals surface area contributed by atoms with Crippen LogP contribution >= 0.6 is 11.6 Å². The molecule has 28 heavy (non-hydrogen) atoms. The predicted octanol–water partition coefficient (Wildman–Crippen LogP) is 3.86. The molecule has 5 nitrogen and oxygen atoms in total. The van der Waals surface area contributed by atoms with E-state index in [1.54, 1.807) is 0 Å². The second-order valence-electron chi connectivity index (χ2n) is 8.06. The SMILES string of the molecule is Cc1nc(N2CCC(CO)CC2)cc(N2CCCC2Cc2ccc(Cl)cc2)n1. The van der Waals surface area contributed by atoms with Gasteiger partial charge in [0, 0.05) is 43.4 Å². The van der Waals surface area contributed by atoms with Crippen LogP contribution in [0, 0.1) is 12.8 Å². The molecule has 3 heterocycles. The van der Waals surface area contributed by atoms with Gasteiger partial charge >= 0.3 is 0 Å². The summed E-state index contributed by atoms with van der Waals surface area (Å²) in [5, 5.41) is 10.2. The molecule has 2 fully saturated rings. The Kier molecular flexibility index (Phi) is 6.02. The van der Waals surface area contributed by atoms with Gasteiger partial charge in [0.1, 0.15) is 17.5 Å². The number of halogens is 1. The molecule has 1 unspecified atom stereocenters. The monoisotopic (exact) mass is 400 g/mol. The standard InChI is InChI=1S/C22H29ClN4O/c1-16-24-21(26-11-8-18(15-28)9-12-26)14-22(25-16)27-10-2-3-20(27)13-17-4-6-19(23)7-5-17/h4-7,14,18,20,28H,2-3,8-13,15H2,1H3. The molecule has 1 aromatic heterocycles. The highest BCUT2D eigenvalue weighted by molar-refractivity contribution is 6.30. The zero-order valence-electron chi connectivity index (χ0n) is 16.5. The lowest BCUT2D eigenvalue weighted by Gasteiger charge is -2.33. The van der Waals surface area contributed by atoms with Crippen molar-refractivity contribution in [2.45, 2.75) is 45.1 Å². The summed E-state index contributed by atoms with van der Waals surface area (Å²) in [6, 6.07) is 10.8. The van der Waals surface area contributed by atoms with Crippen molar-refractivity contribution < 1.29 is 5.11 Å². The number of hydrogen-bond donors (Lipinski definition) is 1. The number of aryl methyl sites for hydroxylation is 1. The number of piperidine rings is 1. The van der Waals surface area contributed by atoms with Gasteiger partial charge in [-0.2, -0.15) is 0 Å². The smallest absolute Gasteiger partial charge is 0.134 e. The van der Waals surface area contributed by atoms with Crippen LogP contribution in [0.1, 0.15) is 37.1 Å². The molecule has 6 heteroatoms. The molecular weight excluding hydrogens is 372 g/mol. The van der Waals surface area contributed by atoms with Crippen molar-refractivity contribution in [1.82, 2.24) is 9.97 Å². The third kappa shape index (κ3) is 4.41. The lowest BCUT2D eigenvalue weighted by molar-refractivity contribution is 0.203. The lowest BCUT2D eigenvalue weighted by atomic mass is 9.98. The first-order valence-corrected chi connectivity index (χ1v) is 10.7. The van der Waals surface area contributed by atoms with Gasteiger partial charge in [0.05, 0.1) is 0 Å². The van der Waals surface area contributed by atoms with Gasteiger partial charge in [0.2, 0.25) is 0 Å². The molecule has 1 aromatic carbocycles. The molecule has 0 bridgehead atoms. The van der Waals surface area contributed by atoms with E-state index in [-0.39, 0.29) is 0 Å². The Morgan fingerprint density at radius 3 is 2.46 bits per heavy atom. The zero-order valence-corrected chi connectivity index (χ0v) is 17.3. The Morgan fingerprint density at radius 2 is 1.75 bits per heavy atom. The molecular formula is C22H29ClN4O. The Labute approximate surface area is 172 Å². The van der Waals surface area contributed by atoms with E-state index >= 15 is 0 Å². The fraction of sp³-hybridized carbons (Fsp3) is 0.545. The maximum absolute atomic E-state index is 9.39. The predicted molar refractivity (Wildman–Crippen MR) is 114 cm³/mol. The van der Waals surface area contributed by atoms with Crippen molar-refractivity contribution in [2.24, 2.45) is 5.92 Å². The molecule has 0 amide bonds. The number of rotatable bonds is 5. The van der Waals surface area contributed by atoms with E-state index in [2.05, 4.69) is 28.0 Å². The fourth-order valence-electron chi connectivity index (χ4n) is 4.43. The van der Waals surface area contributed by atoms with Crippen LogP contribution in [0.2, 0.25) is 5.02 Å². The fourth-order valence-corrected chi connectivity index (χ4v) is 4.56. The summed E-state index contributed by atoms with van der Waals surface area (Å²) in [6.45, 7) is 5.23. The Morgan fingerprint density at radius 1 is 1.04 bits per heavy atom. The Bertz CT molecular complexity index is 790. The number of anilines is 2. The van der Waals surface area contributed by atoms with Crippen LogP contribution in [-0.4, -0.2) is 47.4 Å². The highest BCUT2D eigenvalue weighted by Gasteiger charge is 2.27. The number of aliphatic hydroxyl groups excluding tert-OH is 1. The number of aromatic nitrogens is 2. The van der Waals surface area contributed by atoms with Crippen molar-refractivity contribution in [2.75, 3.05) is 36.0 Å². The van der Waals surface area contributed by atoms with E-state index in [1.165, 1.54) is 18.4 Å². The molecule has 150 valence electrons. The number of benzene rings is 1. The number of nitrogens with zero attached hydrogens (tertiary/aromatic N) is 4. The minimum Gasteiger partial charge on any atom is -0.396 e. The first-order valence-electron chi connectivity index (χ1n) is 10.3. The van der Waals surface area contributed by atoms with E-state index in [1.807, 2.05) is 19.1 Å². The van der Waals surface area contributed by atoms with Gasteiger partial charge in [-0.15, -0.1) is 0 Å². The van der Waals surface area contributed by atoms with Gasteiger partial charge < -0.3 is 14.9 Å². The average Bonchev–Trinajstić information content (AvgIpc) is 3.17. The van der Waals surface area contributed by atoms with Crippen LogP contribution in [-0.2, 0) is 6.42 Å². The van der Waals surface area contributed by atoms with E-state index in [9.17, 15) is 5.11 Å². The van der Waals surface area contributed by atoms with Gasteiger partial charge in [-0.25, -0.2) is 9.97 Å². The largest absolute Gasteiger partial charge is 0.396 e. The summed E-state index contributed by atoms with van der Waals surface area (Å²) < 4.78 is 0. The quantitative estimate of drug-likeness (QED) is 0.825. The van der Waals surface area contributed by atoms with Gasteiger partial charge in [0.15, 0.2) is 0 Å². The number of aliphatic hydroxyl groups is 1. The second kappa shape index (κ2) is 8.66. The van der Waals surface area contributed by atoms with E-state index in [0.717, 1.165) is 61.4 Å². The summed E-state index contributed by atoms with van der Waals surface area (Å²) in [5.74, 6) is 3.33. The summed E-state index contributed by atoms with van der Waals surface area (Å²) in [4.78, 5) is 14.3. The first kappa shape index (κ1) is 19.5. The minimum absolute atomic E-state index is 0.294.